The van der Waals surface area contributed by atoms with E-state index >= 15 is 0 Å². The normalized spacial score (nSPS) is 17.9. The second-order valence-corrected chi connectivity index (χ2v) is 4.38. The van der Waals surface area contributed by atoms with Crippen LogP contribution in [0.15, 0.2) is 24.3 Å². The zero-order chi connectivity index (χ0) is 10.5. The number of rotatable bonds is 3. The average molecular weight is 225 g/mol. The Bertz CT molecular complexity index is 308. The first kappa shape index (κ1) is 10.9. The lowest BCUT2D eigenvalue weighted by molar-refractivity contribution is 0.151. The molecule has 1 aliphatic heterocycles. The molecule has 0 radical (unpaired) electrons. The Labute approximate surface area is 96.2 Å². The summed E-state index contributed by atoms with van der Waals surface area (Å²) in [6, 6.07) is 8.00. The van der Waals surface area contributed by atoms with Crippen LogP contribution >= 0.6 is 11.6 Å². The van der Waals surface area contributed by atoms with E-state index in [1.807, 2.05) is 18.2 Å². The fourth-order valence-electron chi connectivity index (χ4n) is 1.89. The third-order valence-corrected chi connectivity index (χ3v) is 3.18. The number of halogens is 1. The largest absolute Gasteiger partial charge is 0.251 e. The predicted octanol–water partition coefficient (Wildman–Crippen LogP) is 2.83. The highest BCUT2D eigenvalue weighted by molar-refractivity contribution is 6.31. The number of hydrazine groups is 1. The van der Waals surface area contributed by atoms with E-state index in [2.05, 4.69) is 16.5 Å². The second kappa shape index (κ2) is 5.50. The van der Waals surface area contributed by atoms with Crippen molar-refractivity contribution in [2.45, 2.75) is 25.8 Å². The summed E-state index contributed by atoms with van der Waals surface area (Å²) in [6.45, 7) is 3.15. The van der Waals surface area contributed by atoms with Crippen molar-refractivity contribution in [3.05, 3.63) is 34.9 Å². The molecule has 15 heavy (non-hydrogen) atoms. The van der Waals surface area contributed by atoms with Crippen LogP contribution in [-0.4, -0.2) is 18.1 Å². The summed E-state index contributed by atoms with van der Waals surface area (Å²) in [5, 5.41) is 3.15. The van der Waals surface area contributed by atoms with Gasteiger partial charge in [0.2, 0.25) is 0 Å². The maximum Gasteiger partial charge on any atom is 0.0451 e. The lowest BCUT2D eigenvalue weighted by atomic mass is 10.2. The van der Waals surface area contributed by atoms with Crippen LogP contribution in [0.3, 0.4) is 0 Å². The van der Waals surface area contributed by atoms with E-state index in [1.165, 1.54) is 24.8 Å². The van der Waals surface area contributed by atoms with Crippen LogP contribution in [0.25, 0.3) is 0 Å². The topological polar surface area (TPSA) is 15.3 Å². The molecule has 1 aliphatic rings. The Kier molecular flexibility index (Phi) is 4.01. The van der Waals surface area contributed by atoms with Gasteiger partial charge >= 0.3 is 0 Å². The summed E-state index contributed by atoms with van der Waals surface area (Å²) in [4.78, 5) is 0. The summed E-state index contributed by atoms with van der Waals surface area (Å²) in [6.07, 6.45) is 3.97. The first-order valence-corrected chi connectivity index (χ1v) is 5.96. The highest BCUT2D eigenvalue weighted by atomic mass is 35.5. The van der Waals surface area contributed by atoms with Crippen LogP contribution in [0.4, 0.5) is 0 Å². The molecule has 1 fully saturated rings. The summed E-state index contributed by atoms with van der Waals surface area (Å²) >= 11 is 6.08. The SMILES string of the molecule is Clc1ccccc1CNN1CCCCC1. The van der Waals surface area contributed by atoms with Gasteiger partial charge in [0.1, 0.15) is 0 Å². The molecule has 82 valence electrons. The Morgan fingerprint density at radius 1 is 1.13 bits per heavy atom. The monoisotopic (exact) mass is 224 g/mol. The third kappa shape index (κ3) is 3.20. The molecule has 0 atom stereocenters. The van der Waals surface area contributed by atoms with E-state index in [-0.39, 0.29) is 0 Å². The maximum absolute atomic E-state index is 6.08. The molecular weight excluding hydrogens is 208 g/mol. The van der Waals surface area contributed by atoms with Crippen LogP contribution in [0, 0.1) is 0 Å². The standard InChI is InChI=1S/C12H17ClN2/c13-12-7-3-2-6-11(12)10-14-15-8-4-1-5-9-15/h2-3,6-7,14H,1,4-5,8-10H2. The zero-order valence-corrected chi connectivity index (χ0v) is 9.63. The van der Waals surface area contributed by atoms with E-state index in [0.29, 0.717) is 0 Å². The highest BCUT2D eigenvalue weighted by Crippen LogP contribution is 2.15. The Balaban J connectivity index is 1.84. The summed E-state index contributed by atoms with van der Waals surface area (Å²) in [5.74, 6) is 0. The quantitative estimate of drug-likeness (QED) is 0.850. The molecule has 0 amide bonds. The number of piperidine rings is 1. The molecule has 1 heterocycles. The third-order valence-electron chi connectivity index (χ3n) is 2.81. The fraction of sp³-hybridized carbons (Fsp3) is 0.500. The van der Waals surface area contributed by atoms with Gasteiger partial charge in [0, 0.05) is 24.7 Å². The molecule has 1 saturated heterocycles. The van der Waals surface area contributed by atoms with Gasteiger partial charge in [0.25, 0.3) is 0 Å². The molecule has 3 heteroatoms. The van der Waals surface area contributed by atoms with E-state index in [0.717, 1.165) is 24.7 Å². The highest BCUT2D eigenvalue weighted by Gasteiger charge is 2.09. The minimum absolute atomic E-state index is 0.833. The number of nitrogens with one attached hydrogen (secondary N) is 1. The second-order valence-electron chi connectivity index (χ2n) is 3.97. The van der Waals surface area contributed by atoms with E-state index < -0.39 is 0 Å². The lowest BCUT2D eigenvalue weighted by Gasteiger charge is -2.27. The summed E-state index contributed by atoms with van der Waals surface area (Å²) in [7, 11) is 0. The maximum atomic E-state index is 6.08. The van der Waals surface area contributed by atoms with E-state index in [1.54, 1.807) is 0 Å². The minimum Gasteiger partial charge on any atom is -0.251 e. The molecular formula is C12H17ClN2. The Morgan fingerprint density at radius 2 is 1.87 bits per heavy atom. The molecule has 0 unspecified atom stereocenters. The molecule has 2 nitrogen and oxygen atoms in total. The van der Waals surface area contributed by atoms with Gasteiger partial charge in [-0.25, -0.2) is 5.01 Å². The van der Waals surface area contributed by atoms with E-state index in [9.17, 15) is 0 Å². The van der Waals surface area contributed by atoms with Gasteiger partial charge in [-0.15, -0.1) is 0 Å². The van der Waals surface area contributed by atoms with Gasteiger partial charge in [-0.3, -0.25) is 5.43 Å². The molecule has 1 N–H and O–H groups in total. The first-order valence-electron chi connectivity index (χ1n) is 5.58. The number of nitrogens with zero attached hydrogens (tertiary/aromatic N) is 1. The Morgan fingerprint density at radius 3 is 2.60 bits per heavy atom. The number of hydrogen-bond acceptors (Lipinski definition) is 2. The van der Waals surface area contributed by atoms with Crippen LogP contribution in [0.5, 0.6) is 0 Å². The van der Waals surface area contributed by atoms with Crippen molar-refractivity contribution < 1.29 is 0 Å². The van der Waals surface area contributed by atoms with Crippen molar-refractivity contribution in [3.63, 3.8) is 0 Å². The minimum atomic E-state index is 0.833. The first-order chi connectivity index (χ1) is 7.36. The van der Waals surface area contributed by atoms with Crippen molar-refractivity contribution in [1.29, 1.82) is 0 Å². The van der Waals surface area contributed by atoms with Crippen LogP contribution in [0.1, 0.15) is 24.8 Å². The van der Waals surface area contributed by atoms with Gasteiger partial charge in [-0.1, -0.05) is 36.2 Å². The summed E-state index contributed by atoms with van der Waals surface area (Å²) < 4.78 is 0. The summed E-state index contributed by atoms with van der Waals surface area (Å²) in [5.41, 5.74) is 4.60. The van der Waals surface area contributed by atoms with Crippen LogP contribution < -0.4 is 5.43 Å². The van der Waals surface area contributed by atoms with Gasteiger partial charge < -0.3 is 0 Å². The Hall–Kier alpha value is -0.570. The molecule has 0 aromatic heterocycles. The molecule has 0 saturated carbocycles. The smallest absolute Gasteiger partial charge is 0.0451 e. The van der Waals surface area contributed by atoms with Crippen molar-refractivity contribution in [1.82, 2.24) is 10.4 Å². The number of benzene rings is 1. The van der Waals surface area contributed by atoms with Gasteiger partial charge in [0.15, 0.2) is 0 Å². The molecule has 0 aliphatic carbocycles. The van der Waals surface area contributed by atoms with Crippen LogP contribution in [0.2, 0.25) is 5.02 Å². The molecule has 0 bridgehead atoms. The molecule has 1 aromatic carbocycles. The predicted molar refractivity (Wildman–Crippen MR) is 63.7 cm³/mol. The number of hydrogen-bond donors (Lipinski definition) is 1. The van der Waals surface area contributed by atoms with Crippen molar-refractivity contribution in [2.75, 3.05) is 13.1 Å². The van der Waals surface area contributed by atoms with Crippen molar-refractivity contribution >= 4 is 11.6 Å². The zero-order valence-electron chi connectivity index (χ0n) is 8.88. The average Bonchev–Trinajstić information content (AvgIpc) is 2.29. The van der Waals surface area contributed by atoms with E-state index in [4.69, 9.17) is 11.6 Å². The lowest BCUT2D eigenvalue weighted by Crippen LogP contribution is -2.41. The molecule has 0 spiro atoms. The van der Waals surface area contributed by atoms with Crippen molar-refractivity contribution in [3.8, 4) is 0 Å². The van der Waals surface area contributed by atoms with Crippen molar-refractivity contribution in [2.24, 2.45) is 0 Å². The van der Waals surface area contributed by atoms with Crippen LogP contribution in [-0.2, 0) is 6.54 Å². The fourth-order valence-corrected chi connectivity index (χ4v) is 2.09. The molecule has 1 aromatic rings. The molecule has 2 rings (SSSR count). The van der Waals surface area contributed by atoms with Gasteiger partial charge in [-0.05, 0) is 24.5 Å². The van der Waals surface area contributed by atoms with Gasteiger partial charge in [0.05, 0.1) is 0 Å². The van der Waals surface area contributed by atoms with Gasteiger partial charge in [-0.2, -0.15) is 0 Å².